The van der Waals surface area contributed by atoms with Gasteiger partial charge in [-0.3, -0.25) is 4.79 Å². The van der Waals surface area contributed by atoms with Crippen LogP contribution in [0.3, 0.4) is 0 Å². The van der Waals surface area contributed by atoms with Gasteiger partial charge in [-0.05, 0) is 6.54 Å². The Morgan fingerprint density at radius 2 is 2.10 bits per heavy atom. The standard InChI is InChI=1S/C14H21N5O/c1-3-5-15-14(20)12-10-17-13(11-16-12)19-8-6-18(4-2)7-9-19/h3,10-11H,1,4-9H2,2H3,(H,15,20). The average Bonchev–Trinajstić information content (AvgIpc) is 2.53. The van der Waals surface area contributed by atoms with Crippen molar-refractivity contribution in [3.63, 3.8) is 0 Å². The van der Waals surface area contributed by atoms with Crippen molar-refractivity contribution in [2.75, 3.05) is 44.2 Å². The van der Waals surface area contributed by atoms with E-state index in [4.69, 9.17) is 0 Å². The van der Waals surface area contributed by atoms with Gasteiger partial charge in [0, 0.05) is 32.7 Å². The van der Waals surface area contributed by atoms with Crippen LogP contribution < -0.4 is 10.2 Å². The minimum Gasteiger partial charge on any atom is -0.353 e. The van der Waals surface area contributed by atoms with E-state index in [0.717, 1.165) is 38.5 Å². The van der Waals surface area contributed by atoms with Crippen molar-refractivity contribution in [3.05, 3.63) is 30.7 Å². The lowest BCUT2D eigenvalue weighted by molar-refractivity contribution is 0.0952. The normalized spacial score (nSPS) is 15.9. The number of carbonyl (C=O) groups excluding carboxylic acids is 1. The number of likely N-dealkylation sites (N-methyl/N-ethyl adjacent to an activating group) is 1. The van der Waals surface area contributed by atoms with Crippen LogP contribution in [-0.2, 0) is 0 Å². The molecule has 0 saturated carbocycles. The fraction of sp³-hybridized carbons (Fsp3) is 0.500. The Kier molecular flexibility index (Phi) is 5.06. The van der Waals surface area contributed by atoms with Gasteiger partial charge in [-0.2, -0.15) is 0 Å². The largest absolute Gasteiger partial charge is 0.353 e. The van der Waals surface area contributed by atoms with Crippen LogP contribution in [0.2, 0.25) is 0 Å². The number of hydrogen-bond donors (Lipinski definition) is 1. The molecule has 6 heteroatoms. The van der Waals surface area contributed by atoms with E-state index in [2.05, 4.69) is 38.6 Å². The zero-order valence-corrected chi connectivity index (χ0v) is 11.9. The van der Waals surface area contributed by atoms with Crippen molar-refractivity contribution < 1.29 is 4.79 Å². The molecule has 108 valence electrons. The Hall–Kier alpha value is -1.95. The molecule has 1 aliphatic rings. The summed E-state index contributed by atoms with van der Waals surface area (Å²) < 4.78 is 0. The number of amides is 1. The van der Waals surface area contributed by atoms with E-state index >= 15 is 0 Å². The summed E-state index contributed by atoms with van der Waals surface area (Å²) in [6.07, 6.45) is 4.83. The molecule has 1 aliphatic heterocycles. The highest BCUT2D eigenvalue weighted by Gasteiger charge is 2.17. The van der Waals surface area contributed by atoms with Gasteiger partial charge in [0.25, 0.3) is 5.91 Å². The lowest BCUT2D eigenvalue weighted by Gasteiger charge is -2.34. The Labute approximate surface area is 119 Å². The summed E-state index contributed by atoms with van der Waals surface area (Å²) in [6, 6.07) is 0. The van der Waals surface area contributed by atoms with Crippen LogP contribution in [-0.4, -0.2) is 60.0 Å². The predicted molar refractivity (Wildman–Crippen MR) is 78.9 cm³/mol. The number of carbonyl (C=O) groups is 1. The Morgan fingerprint density at radius 3 is 2.65 bits per heavy atom. The molecule has 0 aliphatic carbocycles. The zero-order valence-electron chi connectivity index (χ0n) is 11.9. The second-order valence-electron chi connectivity index (χ2n) is 4.68. The van der Waals surface area contributed by atoms with Gasteiger partial charge in [-0.15, -0.1) is 6.58 Å². The van der Waals surface area contributed by atoms with Gasteiger partial charge in [0.2, 0.25) is 0 Å². The molecular weight excluding hydrogens is 254 g/mol. The van der Waals surface area contributed by atoms with Crippen molar-refractivity contribution in [3.8, 4) is 0 Å². The maximum absolute atomic E-state index is 11.7. The fourth-order valence-corrected chi connectivity index (χ4v) is 2.15. The van der Waals surface area contributed by atoms with E-state index in [-0.39, 0.29) is 5.91 Å². The molecule has 0 bridgehead atoms. The highest BCUT2D eigenvalue weighted by Crippen LogP contribution is 2.12. The molecule has 0 unspecified atom stereocenters. The van der Waals surface area contributed by atoms with E-state index in [1.807, 2.05) is 0 Å². The van der Waals surface area contributed by atoms with Crippen molar-refractivity contribution >= 4 is 11.7 Å². The molecule has 1 saturated heterocycles. The van der Waals surface area contributed by atoms with Gasteiger partial charge in [0.05, 0.1) is 12.4 Å². The van der Waals surface area contributed by atoms with Gasteiger partial charge in [-0.25, -0.2) is 9.97 Å². The van der Waals surface area contributed by atoms with E-state index in [1.165, 1.54) is 6.20 Å². The summed E-state index contributed by atoms with van der Waals surface area (Å²) in [5, 5.41) is 2.68. The number of piperazine rings is 1. The number of rotatable bonds is 5. The third kappa shape index (κ3) is 3.54. The van der Waals surface area contributed by atoms with Gasteiger partial charge in [-0.1, -0.05) is 13.0 Å². The third-order valence-corrected chi connectivity index (χ3v) is 3.42. The number of nitrogens with one attached hydrogen (secondary N) is 1. The highest BCUT2D eigenvalue weighted by atomic mass is 16.1. The predicted octanol–water partition coefficient (Wildman–Crippen LogP) is 0.534. The van der Waals surface area contributed by atoms with Gasteiger partial charge in [0.15, 0.2) is 0 Å². The maximum Gasteiger partial charge on any atom is 0.271 e. The molecular formula is C14H21N5O. The second-order valence-corrected chi connectivity index (χ2v) is 4.68. The van der Waals surface area contributed by atoms with Gasteiger partial charge < -0.3 is 15.1 Å². The maximum atomic E-state index is 11.7. The highest BCUT2D eigenvalue weighted by molar-refractivity contribution is 5.92. The molecule has 2 heterocycles. The van der Waals surface area contributed by atoms with Crippen LogP contribution >= 0.6 is 0 Å². The summed E-state index contributed by atoms with van der Waals surface area (Å²) >= 11 is 0. The zero-order chi connectivity index (χ0) is 14.4. The van der Waals surface area contributed by atoms with Crippen molar-refractivity contribution in [1.82, 2.24) is 20.2 Å². The summed E-state index contributed by atoms with van der Waals surface area (Å²) in [7, 11) is 0. The number of hydrogen-bond acceptors (Lipinski definition) is 5. The first-order valence-corrected chi connectivity index (χ1v) is 6.93. The molecule has 6 nitrogen and oxygen atoms in total. The van der Waals surface area contributed by atoms with Crippen molar-refractivity contribution in [1.29, 1.82) is 0 Å². The summed E-state index contributed by atoms with van der Waals surface area (Å²) in [4.78, 5) is 24.8. The smallest absolute Gasteiger partial charge is 0.271 e. The minimum atomic E-state index is -0.222. The molecule has 0 radical (unpaired) electrons. The number of anilines is 1. The summed E-state index contributed by atoms with van der Waals surface area (Å²) in [5.74, 6) is 0.612. The summed E-state index contributed by atoms with van der Waals surface area (Å²) in [5.41, 5.74) is 0.336. The van der Waals surface area contributed by atoms with Crippen molar-refractivity contribution in [2.24, 2.45) is 0 Å². The number of aromatic nitrogens is 2. The Morgan fingerprint density at radius 1 is 1.35 bits per heavy atom. The second kappa shape index (κ2) is 7.00. The number of nitrogens with zero attached hydrogens (tertiary/aromatic N) is 4. The van der Waals surface area contributed by atoms with Crippen LogP contribution in [0.5, 0.6) is 0 Å². The van der Waals surface area contributed by atoms with E-state index < -0.39 is 0 Å². The SMILES string of the molecule is C=CCNC(=O)c1cnc(N2CCN(CC)CC2)cn1. The van der Waals surface area contributed by atoms with E-state index in [0.29, 0.717) is 12.2 Å². The molecule has 0 spiro atoms. The van der Waals surface area contributed by atoms with Crippen LogP contribution in [0.25, 0.3) is 0 Å². The van der Waals surface area contributed by atoms with Crippen LogP contribution in [0.4, 0.5) is 5.82 Å². The van der Waals surface area contributed by atoms with Crippen LogP contribution in [0.1, 0.15) is 17.4 Å². The molecule has 2 rings (SSSR count). The molecule has 0 atom stereocenters. The quantitative estimate of drug-likeness (QED) is 0.795. The first-order chi connectivity index (χ1) is 9.74. The van der Waals surface area contributed by atoms with Gasteiger partial charge >= 0.3 is 0 Å². The fourth-order valence-electron chi connectivity index (χ4n) is 2.15. The minimum absolute atomic E-state index is 0.222. The van der Waals surface area contributed by atoms with E-state index in [1.54, 1.807) is 12.3 Å². The molecule has 20 heavy (non-hydrogen) atoms. The molecule has 0 aromatic carbocycles. The summed E-state index contributed by atoms with van der Waals surface area (Å²) in [6.45, 7) is 11.2. The van der Waals surface area contributed by atoms with Gasteiger partial charge in [0.1, 0.15) is 11.5 Å². The lowest BCUT2D eigenvalue weighted by Crippen LogP contribution is -2.46. The molecule has 1 amide bonds. The molecule has 1 N–H and O–H groups in total. The first kappa shape index (κ1) is 14.5. The third-order valence-electron chi connectivity index (χ3n) is 3.42. The lowest BCUT2D eigenvalue weighted by atomic mass is 10.3. The first-order valence-electron chi connectivity index (χ1n) is 6.93. The molecule has 1 aromatic rings. The van der Waals surface area contributed by atoms with Crippen LogP contribution in [0.15, 0.2) is 25.0 Å². The van der Waals surface area contributed by atoms with Crippen LogP contribution in [0, 0.1) is 0 Å². The average molecular weight is 275 g/mol. The monoisotopic (exact) mass is 275 g/mol. The molecule has 1 fully saturated rings. The molecule has 1 aromatic heterocycles. The van der Waals surface area contributed by atoms with Crippen molar-refractivity contribution in [2.45, 2.75) is 6.92 Å². The topological polar surface area (TPSA) is 61.4 Å². The van der Waals surface area contributed by atoms with E-state index in [9.17, 15) is 4.79 Å². The Bertz CT molecular complexity index is 451. The Balaban J connectivity index is 1.94.